The van der Waals surface area contributed by atoms with Crippen molar-refractivity contribution >= 4 is 17.6 Å². The van der Waals surface area contributed by atoms with Gasteiger partial charge in [0.05, 0.1) is 12.0 Å². The molecule has 0 saturated heterocycles. The first kappa shape index (κ1) is 12.0. The first-order valence-corrected chi connectivity index (χ1v) is 5.12. The molecule has 0 aliphatic carbocycles. The van der Waals surface area contributed by atoms with Crippen LogP contribution in [-0.2, 0) is 10.3 Å². The number of benzene rings is 1. The van der Waals surface area contributed by atoms with Gasteiger partial charge in [0.25, 0.3) is 0 Å². The molecule has 3 N–H and O–H groups in total. The molecule has 1 rings (SSSR count). The molecule has 0 fully saturated rings. The van der Waals surface area contributed by atoms with Gasteiger partial charge < -0.3 is 10.8 Å². The van der Waals surface area contributed by atoms with E-state index in [1.807, 2.05) is 6.92 Å². The Balaban J connectivity index is 3.00. The number of aliphatic carboxylic acids is 1. The SMILES string of the molecule is CCC(N)(CC(=O)O)c1ccc(Cl)cc1. The minimum absolute atomic E-state index is 0.0782. The Morgan fingerprint density at radius 1 is 1.47 bits per heavy atom. The van der Waals surface area contributed by atoms with Crippen LogP contribution in [0.5, 0.6) is 0 Å². The van der Waals surface area contributed by atoms with Crippen molar-refractivity contribution in [2.45, 2.75) is 25.3 Å². The Morgan fingerprint density at radius 3 is 2.40 bits per heavy atom. The Hall–Kier alpha value is -1.06. The van der Waals surface area contributed by atoms with Crippen LogP contribution in [0.3, 0.4) is 0 Å². The predicted molar refractivity (Wildman–Crippen MR) is 59.9 cm³/mol. The molecule has 4 heteroatoms. The Kier molecular flexibility index (Phi) is 3.72. The lowest BCUT2D eigenvalue weighted by atomic mass is 9.85. The molecule has 15 heavy (non-hydrogen) atoms. The Bertz CT molecular complexity index is 350. The van der Waals surface area contributed by atoms with Gasteiger partial charge in [-0.1, -0.05) is 30.7 Å². The zero-order valence-corrected chi connectivity index (χ0v) is 9.29. The van der Waals surface area contributed by atoms with Crippen molar-refractivity contribution in [3.8, 4) is 0 Å². The van der Waals surface area contributed by atoms with Crippen LogP contribution in [0.1, 0.15) is 25.3 Å². The summed E-state index contributed by atoms with van der Waals surface area (Å²) in [7, 11) is 0. The largest absolute Gasteiger partial charge is 0.481 e. The van der Waals surface area contributed by atoms with Gasteiger partial charge >= 0.3 is 5.97 Å². The molecule has 0 spiro atoms. The molecule has 1 aromatic rings. The van der Waals surface area contributed by atoms with Crippen LogP contribution < -0.4 is 5.73 Å². The van der Waals surface area contributed by atoms with Crippen molar-refractivity contribution in [2.75, 3.05) is 0 Å². The smallest absolute Gasteiger partial charge is 0.305 e. The van der Waals surface area contributed by atoms with Gasteiger partial charge in [-0.25, -0.2) is 0 Å². The number of hydrogen-bond acceptors (Lipinski definition) is 2. The topological polar surface area (TPSA) is 63.3 Å². The minimum atomic E-state index is -0.894. The van der Waals surface area contributed by atoms with Crippen molar-refractivity contribution in [3.63, 3.8) is 0 Å². The second-order valence-electron chi connectivity index (χ2n) is 3.59. The van der Waals surface area contributed by atoms with E-state index in [9.17, 15) is 4.79 Å². The molecule has 0 radical (unpaired) electrons. The number of carboxylic acids is 1. The quantitative estimate of drug-likeness (QED) is 0.830. The predicted octanol–water partition coefficient (Wildman–Crippen LogP) is 2.38. The average molecular weight is 228 g/mol. The lowest BCUT2D eigenvalue weighted by Gasteiger charge is -2.26. The number of nitrogens with two attached hydrogens (primary N) is 1. The second-order valence-corrected chi connectivity index (χ2v) is 4.02. The van der Waals surface area contributed by atoms with Crippen LogP contribution in [0.2, 0.25) is 5.02 Å². The molecular weight excluding hydrogens is 214 g/mol. The van der Waals surface area contributed by atoms with E-state index in [0.29, 0.717) is 11.4 Å². The summed E-state index contributed by atoms with van der Waals surface area (Å²) in [6.07, 6.45) is 0.492. The lowest BCUT2D eigenvalue weighted by molar-refractivity contribution is -0.138. The van der Waals surface area contributed by atoms with Gasteiger partial charge in [0.1, 0.15) is 0 Å². The van der Waals surface area contributed by atoms with Crippen LogP contribution in [0.15, 0.2) is 24.3 Å². The summed E-state index contributed by atoms with van der Waals surface area (Å²) in [6, 6.07) is 6.98. The number of halogens is 1. The third-order valence-corrected chi connectivity index (χ3v) is 2.77. The highest BCUT2D eigenvalue weighted by Crippen LogP contribution is 2.26. The fourth-order valence-electron chi connectivity index (χ4n) is 1.48. The summed E-state index contributed by atoms with van der Waals surface area (Å²) in [5.41, 5.74) is 6.04. The molecule has 82 valence electrons. The van der Waals surface area contributed by atoms with Gasteiger partial charge in [-0.3, -0.25) is 4.79 Å². The minimum Gasteiger partial charge on any atom is -0.481 e. The van der Waals surface area contributed by atoms with E-state index >= 15 is 0 Å². The molecule has 1 atom stereocenters. The van der Waals surface area contributed by atoms with Crippen molar-refractivity contribution in [1.29, 1.82) is 0 Å². The van der Waals surface area contributed by atoms with Gasteiger partial charge in [-0.15, -0.1) is 0 Å². The van der Waals surface area contributed by atoms with Crippen LogP contribution in [-0.4, -0.2) is 11.1 Å². The first-order valence-electron chi connectivity index (χ1n) is 4.74. The van der Waals surface area contributed by atoms with E-state index < -0.39 is 11.5 Å². The summed E-state index contributed by atoms with van der Waals surface area (Å²) < 4.78 is 0. The summed E-state index contributed by atoms with van der Waals surface area (Å²) in [6.45, 7) is 1.87. The van der Waals surface area contributed by atoms with Crippen LogP contribution in [0, 0.1) is 0 Å². The molecule has 1 aromatic carbocycles. The maximum absolute atomic E-state index is 10.7. The summed E-state index contributed by atoms with van der Waals surface area (Å²) in [5, 5.41) is 9.41. The first-order chi connectivity index (χ1) is 6.98. The van der Waals surface area contributed by atoms with Gasteiger partial charge in [0.2, 0.25) is 0 Å². The van der Waals surface area contributed by atoms with E-state index in [0.717, 1.165) is 5.56 Å². The van der Waals surface area contributed by atoms with Crippen molar-refractivity contribution in [2.24, 2.45) is 5.73 Å². The third kappa shape index (κ3) is 2.94. The third-order valence-electron chi connectivity index (χ3n) is 2.52. The zero-order valence-electron chi connectivity index (χ0n) is 8.53. The normalized spacial score (nSPS) is 14.6. The van der Waals surface area contributed by atoms with E-state index in [4.69, 9.17) is 22.4 Å². The summed E-state index contributed by atoms with van der Waals surface area (Å²) in [4.78, 5) is 10.7. The summed E-state index contributed by atoms with van der Waals surface area (Å²) in [5.74, 6) is -0.894. The molecular formula is C11H14ClNO2. The van der Waals surface area contributed by atoms with E-state index in [1.54, 1.807) is 24.3 Å². The maximum atomic E-state index is 10.7. The number of hydrogen-bond donors (Lipinski definition) is 2. The van der Waals surface area contributed by atoms with Crippen molar-refractivity contribution < 1.29 is 9.90 Å². The van der Waals surface area contributed by atoms with E-state index in [2.05, 4.69) is 0 Å². The fraction of sp³-hybridized carbons (Fsp3) is 0.364. The highest BCUT2D eigenvalue weighted by atomic mass is 35.5. The molecule has 0 heterocycles. The Morgan fingerprint density at radius 2 is 2.00 bits per heavy atom. The molecule has 0 amide bonds. The van der Waals surface area contributed by atoms with E-state index in [1.165, 1.54) is 0 Å². The molecule has 0 aliphatic heterocycles. The maximum Gasteiger partial charge on any atom is 0.305 e. The molecule has 0 bridgehead atoms. The van der Waals surface area contributed by atoms with E-state index in [-0.39, 0.29) is 6.42 Å². The van der Waals surface area contributed by atoms with Gasteiger partial charge in [-0.05, 0) is 24.1 Å². The molecule has 1 unspecified atom stereocenters. The molecule has 0 aliphatic rings. The van der Waals surface area contributed by atoms with Crippen molar-refractivity contribution in [3.05, 3.63) is 34.9 Å². The monoisotopic (exact) mass is 227 g/mol. The fourth-order valence-corrected chi connectivity index (χ4v) is 1.61. The second kappa shape index (κ2) is 4.64. The van der Waals surface area contributed by atoms with Crippen LogP contribution in [0.4, 0.5) is 0 Å². The highest BCUT2D eigenvalue weighted by Gasteiger charge is 2.28. The molecule has 3 nitrogen and oxygen atoms in total. The number of rotatable bonds is 4. The average Bonchev–Trinajstić information content (AvgIpc) is 2.17. The zero-order chi connectivity index (χ0) is 11.5. The van der Waals surface area contributed by atoms with Gasteiger partial charge in [-0.2, -0.15) is 0 Å². The summed E-state index contributed by atoms with van der Waals surface area (Å²) >= 11 is 5.75. The molecule has 0 saturated carbocycles. The Labute approximate surface area is 93.9 Å². The van der Waals surface area contributed by atoms with Gasteiger partial charge in [0, 0.05) is 5.02 Å². The molecule has 0 aromatic heterocycles. The van der Waals surface area contributed by atoms with Crippen LogP contribution >= 0.6 is 11.6 Å². The highest BCUT2D eigenvalue weighted by molar-refractivity contribution is 6.30. The van der Waals surface area contributed by atoms with Gasteiger partial charge in [0.15, 0.2) is 0 Å². The standard InChI is InChI=1S/C11H14ClNO2/c1-2-11(13,7-10(14)15)8-3-5-9(12)6-4-8/h3-6H,2,7,13H2,1H3,(H,14,15). The number of carbonyl (C=O) groups is 1. The van der Waals surface area contributed by atoms with Crippen molar-refractivity contribution in [1.82, 2.24) is 0 Å². The number of carboxylic acid groups (broad SMARTS) is 1. The lowest BCUT2D eigenvalue weighted by Crippen LogP contribution is -2.38. The van der Waals surface area contributed by atoms with Crippen LogP contribution in [0.25, 0.3) is 0 Å².